The highest BCUT2D eigenvalue weighted by Gasteiger charge is 2.17. The minimum Gasteiger partial charge on any atom is -0.366 e. The maximum absolute atomic E-state index is 12.2. The van der Waals surface area contributed by atoms with Gasteiger partial charge in [0.1, 0.15) is 5.69 Å². The van der Waals surface area contributed by atoms with E-state index in [-0.39, 0.29) is 6.03 Å². The quantitative estimate of drug-likeness (QED) is 0.185. The van der Waals surface area contributed by atoms with Crippen LogP contribution in [0.1, 0.15) is 10.4 Å². The maximum atomic E-state index is 12.2. The number of hydrogen-bond acceptors (Lipinski definition) is 6. The molecule has 0 spiro atoms. The number of nitrogens with two attached hydrogens (primary N) is 2. The lowest BCUT2D eigenvalue weighted by atomic mass is 10.1. The fourth-order valence-corrected chi connectivity index (χ4v) is 3.81. The van der Waals surface area contributed by atoms with Crippen LogP contribution in [-0.2, 0) is 0 Å². The molecule has 1 aromatic carbocycles. The number of aromatic nitrogens is 5. The molecule has 11 heteroatoms. The molecule has 34 heavy (non-hydrogen) atoms. The highest BCUT2D eigenvalue weighted by atomic mass is 16.2. The van der Waals surface area contributed by atoms with E-state index in [0.29, 0.717) is 28.3 Å². The predicted octanol–water partition coefficient (Wildman–Crippen LogP) is 2.63. The number of hydrogen-bond donors (Lipinski definition) is 4. The summed E-state index contributed by atoms with van der Waals surface area (Å²) >= 11 is 0. The number of amides is 3. The average molecular weight is 455 g/mol. The lowest BCUT2D eigenvalue weighted by molar-refractivity contribution is 0.100. The first-order valence-corrected chi connectivity index (χ1v) is 10.3. The van der Waals surface area contributed by atoms with E-state index in [0.717, 1.165) is 32.4 Å². The number of H-pyrrole nitrogens is 2. The Labute approximate surface area is 193 Å². The van der Waals surface area contributed by atoms with Gasteiger partial charge in [-0.3, -0.25) is 14.9 Å². The van der Waals surface area contributed by atoms with Crippen LogP contribution < -0.4 is 16.6 Å². The van der Waals surface area contributed by atoms with E-state index in [1.54, 1.807) is 44.7 Å². The van der Waals surface area contributed by atoms with Gasteiger partial charge < -0.3 is 15.6 Å². The van der Waals surface area contributed by atoms with Gasteiger partial charge in [-0.25, -0.2) is 20.6 Å². The van der Waals surface area contributed by atoms with Crippen LogP contribution in [0.5, 0.6) is 0 Å². The van der Waals surface area contributed by atoms with Crippen LogP contribution in [0.25, 0.3) is 44.5 Å². The monoisotopic (exact) mass is 455 g/mol. The number of urea groups is 1. The largest absolute Gasteiger partial charge is 0.366 e. The number of carbonyl (C=O) groups is 2. The van der Waals surface area contributed by atoms with Crippen molar-refractivity contribution >= 4 is 39.6 Å². The number of rotatable bonds is 4. The first-order valence-electron chi connectivity index (χ1n) is 10.3. The highest BCUT2D eigenvalue weighted by molar-refractivity contribution is 6.07. The first-order chi connectivity index (χ1) is 16.3. The Morgan fingerprint density at radius 1 is 1.00 bits per heavy atom. The van der Waals surface area contributed by atoms with E-state index in [2.05, 4.69) is 25.1 Å². The van der Waals surface area contributed by atoms with Gasteiger partial charge in [0.05, 0.1) is 17.6 Å². The maximum Gasteiger partial charge on any atom is 0.338 e. The summed E-state index contributed by atoms with van der Waals surface area (Å²) in [5.74, 6) is 5.47. The van der Waals surface area contributed by atoms with Gasteiger partial charge in [0, 0.05) is 59.5 Å². The van der Waals surface area contributed by atoms with E-state index in [1.165, 1.54) is 11.1 Å². The van der Waals surface area contributed by atoms with E-state index in [9.17, 15) is 9.59 Å². The third-order valence-electron chi connectivity index (χ3n) is 5.53. The van der Waals surface area contributed by atoms with Crippen molar-refractivity contribution in [3.05, 3.63) is 60.6 Å². The first kappa shape index (κ1) is 21.1. The Bertz CT molecular complexity index is 1570. The minimum absolute atomic E-state index is 0.376. The Morgan fingerprint density at radius 3 is 2.56 bits per heavy atom. The molecule has 0 saturated carbocycles. The minimum atomic E-state index is -0.499. The SMILES string of the molecule is CN(C)C(=O)N(N)c1cncc(-c2cnc3[nH]nc(-c4cc5c(C(N)=O)cccc5[nH]4)c3c2)c1. The van der Waals surface area contributed by atoms with Crippen LogP contribution in [-0.4, -0.2) is 56.1 Å². The van der Waals surface area contributed by atoms with Gasteiger partial charge in [0.2, 0.25) is 5.91 Å². The lowest BCUT2D eigenvalue weighted by Gasteiger charge is -2.21. The van der Waals surface area contributed by atoms with Crippen LogP contribution in [0.2, 0.25) is 0 Å². The van der Waals surface area contributed by atoms with Crippen LogP contribution in [0, 0.1) is 0 Å². The second-order valence-corrected chi connectivity index (χ2v) is 7.99. The zero-order valence-corrected chi connectivity index (χ0v) is 18.4. The van der Waals surface area contributed by atoms with Crippen molar-refractivity contribution in [1.82, 2.24) is 30.0 Å². The van der Waals surface area contributed by atoms with Gasteiger partial charge >= 0.3 is 6.03 Å². The zero-order chi connectivity index (χ0) is 24.0. The van der Waals surface area contributed by atoms with Crippen LogP contribution in [0.4, 0.5) is 10.5 Å². The molecule has 0 radical (unpaired) electrons. The van der Waals surface area contributed by atoms with Crippen LogP contribution in [0.3, 0.4) is 0 Å². The molecule has 0 saturated heterocycles. The number of aromatic amines is 2. The summed E-state index contributed by atoms with van der Waals surface area (Å²) in [5.41, 5.74) is 10.6. The summed E-state index contributed by atoms with van der Waals surface area (Å²) in [6, 6.07) is 10.5. The van der Waals surface area contributed by atoms with Gasteiger partial charge in [0.25, 0.3) is 0 Å². The molecule has 0 aliphatic carbocycles. The number of fused-ring (bicyclic) bond motifs is 2. The van der Waals surface area contributed by atoms with Gasteiger partial charge in [-0.05, 0) is 30.3 Å². The normalized spacial score (nSPS) is 11.1. The molecule has 0 unspecified atom stereocenters. The Morgan fingerprint density at radius 2 is 1.79 bits per heavy atom. The number of pyridine rings is 2. The highest BCUT2D eigenvalue weighted by Crippen LogP contribution is 2.32. The summed E-state index contributed by atoms with van der Waals surface area (Å²) in [6.45, 7) is 0. The fraction of sp³-hybridized carbons (Fsp3) is 0.0870. The second kappa shape index (κ2) is 7.98. The van der Waals surface area contributed by atoms with Crippen molar-refractivity contribution in [1.29, 1.82) is 0 Å². The van der Waals surface area contributed by atoms with Gasteiger partial charge in [0.15, 0.2) is 5.65 Å². The molecule has 170 valence electrons. The molecule has 0 atom stereocenters. The summed E-state index contributed by atoms with van der Waals surface area (Å²) < 4.78 is 0. The molecule has 0 aliphatic heterocycles. The Hall–Kier alpha value is -4.77. The molecule has 5 rings (SSSR count). The third-order valence-corrected chi connectivity index (χ3v) is 5.53. The third kappa shape index (κ3) is 3.49. The van der Waals surface area contributed by atoms with Crippen LogP contribution in [0.15, 0.2) is 55.0 Å². The Balaban J connectivity index is 1.58. The molecule has 3 amide bonds. The number of carbonyl (C=O) groups excluding carboxylic acids is 2. The van der Waals surface area contributed by atoms with E-state index in [1.807, 2.05) is 18.2 Å². The van der Waals surface area contributed by atoms with Gasteiger partial charge in [-0.15, -0.1) is 0 Å². The van der Waals surface area contributed by atoms with Gasteiger partial charge in [-0.1, -0.05) is 6.07 Å². The van der Waals surface area contributed by atoms with Crippen molar-refractivity contribution in [3.8, 4) is 22.5 Å². The molecule has 0 fully saturated rings. The fourth-order valence-electron chi connectivity index (χ4n) is 3.81. The molecule has 0 bridgehead atoms. The lowest BCUT2D eigenvalue weighted by Crippen LogP contribution is -2.44. The van der Waals surface area contributed by atoms with Crippen molar-refractivity contribution in [2.45, 2.75) is 0 Å². The van der Waals surface area contributed by atoms with E-state index >= 15 is 0 Å². The van der Waals surface area contributed by atoms with Crippen molar-refractivity contribution < 1.29 is 9.59 Å². The second-order valence-electron chi connectivity index (χ2n) is 7.99. The Kier molecular flexibility index (Phi) is 4.95. The molecule has 0 aliphatic rings. The van der Waals surface area contributed by atoms with E-state index in [4.69, 9.17) is 11.6 Å². The van der Waals surface area contributed by atoms with Crippen LogP contribution >= 0.6 is 0 Å². The molecule has 11 nitrogen and oxygen atoms in total. The summed E-state index contributed by atoms with van der Waals surface area (Å²) in [5, 5.41) is 9.89. The molecule has 4 aromatic heterocycles. The summed E-state index contributed by atoms with van der Waals surface area (Å²) in [4.78, 5) is 37.4. The van der Waals surface area contributed by atoms with E-state index < -0.39 is 5.91 Å². The number of primary amides is 1. The molecular weight excluding hydrogens is 434 g/mol. The smallest absolute Gasteiger partial charge is 0.338 e. The zero-order valence-electron chi connectivity index (χ0n) is 18.4. The standard InChI is InChI=1S/C23H21N9O2/c1-31(2)23(34)32(25)14-6-12(9-26-11-14)13-7-17-20(29-30-22(17)27-10-13)19-8-16-15(21(24)33)4-3-5-18(16)28-19/h3-11,28H,25H2,1-2H3,(H2,24,33)(H,27,29,30). The molecule has 4 heterocycles. The van der Waals surface area contributed by atoms with Gasteiger partial charge in [-0.2, -0.15) is 5.10 Å². The predicted molar refractivity (Wildman–Crippen MR) is 129 cm³/mol. The molecule has 5 aromatic rings. The van der Waals surface area contributed by atoms with Crippen molar-refractivity contribution in [3.63, 3.8) is 0 Å². The molecule has 6 N–H and O–H groups in total. The summed E-state index contributed by atoms with van der Waals surface area (Å²) in [6.07, 6.45) is 4.87. The van der Waals surface area contributed by atoms with Crippen molar-refractivity contribution in [2.75, 3.05) is 19.1 Å². The molecular formula is C23H21N9O2. The number of nitrogens with zero attached hydrogens (tertiary/aromatic N) is 5. The number of nitrogens with one attached hydrogen (secondary N) is 2. The number of benzene rings is 1. The number of anilines is 1. The number of hydrazine groups is 1. The van der Waals surface area contributed by atoms with Crippen molar-refractivity contribution in [2.24, 2.45) is 11.6 Å². The average Bonchev–Trinajstić information content (AvgIpc) is 3.46. The summed E-state index contributed by atoms with van der Waals surface area (Å²) in [7, 11) is 3.24. The topological polar surface area (TPSA) is 163 Å².